The quantitative estimate of drug-likeness (QED) is 0.668. The Morgan fingerprint density at radius 3 is 2.67 bits per heavy atom. The van der Waals surface area contributed by atoms with E-state index in [2.05, 4.69) is 17.1 Å². The first-order valence-corrected chi connectivity index (χ1v) is 7.41. The molecule has 5 nitrogen and oxygen atoms in total. The SMILES string of the molecule is Cc1cc(NCC(C)N2CCCCC2)c([N+](=O)[O-])cc1F. The lowest BCUT2D eigenvalue weighted by molar-refractivity contribution is -0.384. The molecule has 1 atom stereocenters. The second-order valence-corrected chi connectivity index (χ2v) is 5.70. The average Bonchev–Trinajstić information content (AvgIpc) is 2.48. The molecule has 2 rings (SSSR count). The predicted molar refractivity (Wildman–Crippen MR) is 81.2 cm³/mol. The summed E-state index contributed by atoms with van der Waals surface area (Å²) in [5, 5.41) is 14.1. The standard InChI is InChI=1S/C15H22FN3O2/c1-11-8-14(15(19(20)21)9-13(11)16)17-10-12(2)18-6-4-3-5-7-18/h8-9,12,17H,3-7,10H2,1-2H3. The number of halogens is 1. The maximum Gasteiger partial charge on any atom is 0.295 e. The lowest BCUT2D eigenvalue weighted by Crippen LogP contribution is -2.41. The highest BCUT2D eigenvalue weighted by molar-refractivity contribution is 5.63. The van der Waals surface area contributed by atoms with E-state index in [1.165, 1.54) is 25.3 Å². The van der Waals surface area contributed by atoms with Crippen LogP contribution in [0.3, 0.4) is 0 Å². The molecule has 1 heterocycles. The van der Waals surface area contributed by atoms with E-state index in [-0.39, 0.29) is 5.69 Å². The fraction of sp³-hybridized carbons (Fsp3) is 0.600. The molecule has 1 aromatic rings. The maximum absolute atomic E-state index is 13.5. The number of nitrogens with zero attached hydrogens (tertiary/aromatic N) is 2. The minimum Gasteiger partial charge on any atom is -0.378 e. The third kappa shape index (κ3) is 3.91. The molecular weight excluding hydrogens is 273 g/mol. The molecule has 0 aromatic heterocycles. The van der Waals surface area contributed by atoms with Crippen LogP contribution in [0.5, 0.6) is 0 Å². The molecule has 0 aliphatic carbocycles. The molecule has 1 aromatic carbocycles. The Labute approximate surface area is 124 Å². The van der Waals surface area contributed by atoms with E-state index in [1.807, 2.05) is 0 Å². The van der Waals surface area contributed by atoms with Gasteiger partial charge < -0.3 is 5.32 Å². The molecule has 1 saturated heterocycles. The number of hydrogen-bond acceptors (Lipinski definition) is 4. The molecule has 0 bridgehead atoms. The highest BCUT2D eigenvalue weighted by atomic mass is 19.1. The van der Waals surface area contributed by atoms with Crippen LogP contribution in [0.4, 0.5) is 15.8 Å². The van der Waals surface area contributed by atoms with E-state index in [0.717, 1.165) is 19.2 Å². The van der Waals surface area contributed by atoms with Crippen molar-refractivity contribution in [3.8, 4) is 0 Å². The van der Waals surface area contributed by atoms with E-state index < -0.39 is 10.7 Å². The number of piperidine rings is 1. The molecule has 0 spiro atoms. The van der Waals surface area contributed by atoms with Crippen molar-refractivity contribution >= 4 is 11.4 Å². The van der Waals surface area contributed by atoms with Crippen molar-refractivity contribution in [1.82, 2.24) is 4.90 Å². The van der Waals surface area contributed by atoms with Crippen LogP contribution in [-0.4, -0.2) is 35.5 Å². The van der Waals surface area contributed by atoms with Crippen LogP contribution in [0.15, 0.2) is 12.1 Å². The molecule has 1 aliphatic heterocycles. The van der Waals surface area contributed by atoms with Gasteiger partial charge in [0, 0.05) is 12.6 Å². The zero-order valence-electron chi connectivity index (χ0n) is 12.6. The molecule has 0 radical (unpaired) electrons. The monoisotopic (exact) mass is 295 g/mol. The Bertz CT molecular complexity index is 516. The molecule has 6 heteroatoms. The van der Waals surface area contributed by atoms with Gasteiger partial charge in [0.05, 0.1) is 11.0 Å². The van der Waals surface area contributed by atoms with E-state index in [0.29, 0.717) is 23.8 Å². The molecule has 21 heavy (non-hydrogen) atoms. The summed E-state index contributed by atoms with van der Waals surface area (Å²) in [6.45, 7) is 6.49. The lowest BCUT2D eigenvalue weighted by atomic mass is 10.1. The van der Waals surface area contributed by atoms with Crippen LogP contribution >= 0.6 is 0 Å². The zero-order chi connectivity index (χ0) is 15.4. The van der Waals surface area contributed by atoms with Crippen molar-refractivity contribution in [2.24, 2.45) is 0 Å². The number of benzene rings is 1. The van der Waals surface area contributed by atoms with Gasteiger partial charge in [-0.15, -0.1) is 0 Å². The van der Waals surface area contributed by atoms with Crippen LogP contribution in [0.2, 0.25) is 0 Å². The van der Waals surface area contributed by atoms with Gasteiger partial charge in [-0.1, -0.05) is 6.42 Å². The summed E-state index contributed by atoms with van der Waals surface area (Å²) in [7, 11) is 0. The molecule has 116 valence electrons. The fourth-order valence-corrected chi connectivity index (χ4v) is 2.71. The number of aryl methyl sites for hydroxylation is 1. The smallest absolute Gasteiger partial charge is 0.295 e. The first-order chi connectivity index (χ1) is 9.99. The molecule has 1 N–H and O–H groups in total. The third-order valence-electron chi connectivity index (χ3n) is 4.08. The minimum atomic E-state index is -0.545. The van der Waals surface area contributed by atoms with Gasteiger partial charge in [-0.3, -0.25) is 15.0 Å². The van der Waals surface area contributed by atoms with E-state index in [9.17, 15) is 14.5 Å². The molecule has 0 saturated carbocycles. The van der Waals surface area contributed by atoms with Gasteiger partial charge in [-0.05, 0) is 51.4 Å². The van der Waals surface area contributed by atoms with Crippen molar-refractivity contribution in [2.75, 3.05) is 25.0 Å². The predicted octanol–water partition coefficient (Wildman–Crippen LogP) is 3.33. The number of anilines is 1. The maximum atomic E-state index is 13.5. The highest BCUT2D eigenvalue weighted by Gasteiger charge is 2.20. The Hall–Kier alpha value is -1.69. The summed E-state index contributed by atoms with van der Waals surface area (Å²) in [6.07, 6.45) is 3.69. The fourth-order valence-electron chi connectivity index (χ4n) is 2.71. The number of nitrogens with one attached hydrogen (secondary N) is 1. The molecule has 0 amide bonds. The van der Waals surface area contributed by atoms with Crippen molar-refractivity contribution in [1.29, 1.82) is 0 Å². The largest absolute Gasteiger partial charge is 0.378 e. The lowest BCUT2D eigenvalue weighted by Gasteiger charge is -2.32. The van der Waals surface area contributed by atoms with Gasteiger partial charge in [0.1, 0.15) is 11.5 Å². The number of nitro groups is 1. The van der Waals surface area contributed by atoms with Crippen LogP contribution in [0.25, 0.3) is 0 Å². The number of hydrogen-bond donors (Lipinski definition) is 1. The second-order valence-electron chi connectivity index (χ2n) is 5.70. The summed E-state index contributed by atoms with van der Waals surface area (Å²) in [6, 6.07) is 2.80. The van der Waals surface area contributed by atoms with Crippen molar-refractivity contribution < 1.29 is 9.31 Å². The van der Waals surface area contributed by atoms with E-state index in [4.69, 9.17) is 0 Å². The number of nitro benzene ring substituents is 1. The Kier molecular flexibility index (Phi) is 5.12. The first kappa shape index (κ1) is 15.7. The van der Waals surface area contributed by atoms with Gasteiger partial charge in [-0.2, -0.15) is 0 Å². The van der Waals surface area contributed by atoms with Gasteiger partial charge in [0.25, 0.3) is 5.69 Å². The highest BCUT2D eigenvalue weighted by Crippen LogP contribution is 2.27. The molecule has 1 aliphatic rings. The number of rotatable bonds is 5. The summed E-state index contributed by atoms with van der Waals surface area (Å²) >= 11 is 0. The van der Waals surface area contributed by atoms with E-state index in [1.54, 1.807) is 6.92 Å². The third-order valence-corrected chi connectivity index (χ3v) is 4.08. The summed E-state index contributed by atoms with van der Waals surface area (Å²) in [4.78, 5) is 12.9. The normalized spacial score (nSPS) is 17.5. The van der Waals surface area contributed by atoms with Crippen LogP contribution in [0.1, 0.15) is 31.7 Å². The molecule has 1 fully saturated rings. The van der Waals surface area contributed by atoms with Crippen molar-refractivity contribution in [3.63, 3.8) is 0 Å². The van der Waals surface area contributed by atoms with Crippen molar-refractivity contribution in [3.05, 3.63) is 33.6 Å². The van der Waals surface area contributed by atoms with Crippen molar-refractivity contribution in [2.45, 2.75) is 39.2 Å². The Balaban J connectivity index is 2.05. The Morgan fingerprint density at radius 2 is 2.05 bits per heavy atom. The molecule has 1 unspecified atom stereocenters. The van der Waals surface area contributed by atoms with Crippen LogP contribution in [0, 0.1) is 22.9 Å². The Morgan fingerprint density at radius 1 is 1.38 bits per heavy atom. The first-order valence-electron chi connectivity index (χ1n) is 7.41. The van der Waals surface area contributed by atoms with Gasteiger partial charge >= 0.3 is 0 Å². The van der Waals surface area contributed by atoms with Crippen LogP contribution < -0.4 is 5.32 Å². The van der Waals surface area contributed by atoms with Crippen LogP contribution in [-0.2, 0) is 0 Å². The second kappa shape index (κ2) is 6.85. The summed E-state index contributed by atoms with van der Waals surface area (Å²) < 4.78 is 13.5. The topological polar surface area (TPSA) is 58.4 Å². The van der Waals surface area contributed by atoms with Gasteiger partial charge in [0.2, 0.25) is 0 Å². The zero-order valence-corrected chi connectivity index (χ0v) is 12.6. The molecular formula is C15H22FN3O2. The van der Waals surface area contributed by atoms with Gasteiger partial charge in [-0.25, -0.2) is 4.39 Å². The summed E-state index contributed by atoms with van der Waals surface area (Å²) in [5.41, 5.74) is 0.598. The summed E-state index contributed by atoms with van der Waals surface area (Å²) in [5.74, 6) is -0.545. The minimum absolute atomic E-state index is 0.205. The van der Waals surface area contributed by atoms with E-state index >= 15 is 0 Å². The number of likely N-dealkylation sites (tertiary alicyclic amines) is 1. The van der Waals surface area contributed by atoms with Gasteiger partial charge in [0.15, 0.2) is 0 Å². The average molecular weight is 295 g/mol.